The van der Waals surface area contributed by atoms with E-state index in [-0.39, 0.29) is 16.7 Å². The monoisotopic (exact) mass is 459 g/mol. The first kappa shape index (κ1) is 23.6. The summed E-state index contributed by atoms with van der Waals surface area (Å²) in [6.07, 6.45) is 4.66. The largest absolute Gasteiger partial charge is 0.455 e. The van der Waals surface area contributed by atoms with Crippen LogP contribution in [-0.4, -0.2) is 32.8 Å². The standard InChI is InChI=1S/C24H29NO4S2/c1-17-10-12-19(13-11-17)31(27,28)25-20(16-18-8-6-5-7-9-18)23(26)29-22-21(30-4)14-15-24(22,2)3/h5-14,20,22,25H,15-16H2,1-4H3/t20-,22+/m0/s1. The van der Waals surface area contributed by atoms with Crippen LogP contribution in [-0.2, 0) is 26.0 Å². The molecule has 2 atom stereocenters. The Labute approximate surface area is 189 Å². The molecule has 2 aromatic rings. The van der Waals surface area contributed by atoms with Gasteiger partial charge in [-0.25, -0.2) is 8.42 Å². The number of hydrogen-bond acceptors (Lipinski definition) is 5. The number of thioether (sulfide) groups is 1. The lowest BCUT2D eigenvalue weighted by Crippen LogP contribution is -2.45. The van der Waals surface area contributed by atoms with Gasteiger partial charge in [0.15, 0.2) is 0 Å². The summed E-state index contributed by atoms with van der Waals surface area (Å²) in [5.74, 6) is -0.570. The van der Waals surface area contributed by atoms with Crippen LogP contribution in [0.5, 0.6) is 0 Å². The maximum atomic E-state index is 13.2. The molecule has 0 aromatic heterocycles. The van der Waals surface area contributed by atoms with Crippen molar-refractivity contribution in [3.05, 3.63) is 76.7 Å². The third-order valence-corrected chi connectivity index (χ3v) is 7.80. The Morgan fingerprint density at radius 3 is 2.42 bits per heavy atom. The zero-order chi connectivity index (χ0) is 22.6. The Morgan fingerprint density at radius 2 is 1.81 bits per heavy atom. The summed E-state index contributed by atoms with van der Waals surface area (Å²) in [5.41, 5.74) is 1.57. The van der Waals surface area contributed by atoms with Crippen molar-refractivity contribution in [1.82, 2.24) is 4.72 Å². The second-order valence-corrected chi connectivity index (χ2v) is 11.1. The molecule has 2 aromatic carbocycles. The smallest absolute Gasteiger partial charge is 0.325 e. The Hall–Kier alpha value is -2.09. The van der Waals surface area contributed by atoms with Gasteiger partial charge in [-0.15, -0.1) is 11.8 Å². The van der Waals surface area contributed by atoms with Gasteiger partial charge in [-0.3, -0.25) is 4.79 Å². The van der Waals surface area contributed by atoms with E-state index in [1.54, 1.807) is 23.9 Å². The maximum Gasteiger partial charge on any atom is 0.325 e. The predicted octanol–water partition coefficient (Wildman–Crippen LogP) is 4.47. The van der Waals surface area contributed by atoms with Crippen molar-refractivity contribution in [3.8, 4) is 0 Å². The van der Waals surface area contributed by atoms with Crippen molar-refractivity contribution < 1.29 is 17.9 Å². The molecule has 0 fully saturated rings. The van der Waals surface area contributed by atoms with Gasteiger partial charge in [-0.1, -0.05) is 68.0 Å². The van der Waals surface area contributed by atoms with Crippen LogP contribution in [0.2, 0.25) is 0 Å². The third-order valence-electron chi connectivity index (χ3n) is 5.46. The van der Waals surface area contributed by atoms with Crippen molar-refractivity contribution in [2.24, 2.45) is 5.41 Å². The molecule has 3 rings (SSSR count). The second-order valence-electron chi connectivity index (χ2n) is 8.50. The highest BCUT2D eigenvalue weighted by molar-refractivity contribution is 8.02. The van der Waals surface area contributed by atoms with Crippen LogP contribution in [0.1, 0.15) is 31.4 Å². The summed E-state index contributed by atoms with van der Waals surface area (Å²) in [4.78, 5) is 14.3. The Kier molecular flexibility index (Phi) is 7.29. The number of esters is 1. The topological polar surface area (TPSA) is 72.5 Å². The van der Waals surface area contributed by atoms with Crippen LogP contribution >= 0.6 is 11.8 Å². The summed E-state index contributed by atoms with van der Waals surface area (Å²) in [7, 11) is -3.89. The van der Waals surface area contributed by atoms with Crippen LogP contribution in [0.15, 0.2) is 70.5 Å². The van der Waals surface area contributed by atoms with E-state index >= 15 is 0 Å². The second kappa shape index (κ2) is 9.59. The molecule has 0 spiro atoms. The van der Waals surface area contributed by atoms with E-state index in [1.807, 2.05) is 57.4 Å². The van der Waals surface area contributed by atoms with E-state index in [1.165, 1.54) is 12.1 Å². The minimum Gasteiger partial charge on any atom is -0.455 e. The highest BCUT2D eigenvalue weighted by Crippen LogP contribution is 2.43. The molecule has 0 heterocycles. The number of carbonyl (C=O) groups excluding carboxylic acids is 1. The average Bonchev–Trinajstić information content (AvgIpc) is 3.02. The van der Waals surface area contributed by atoms with Gasteiger partial charge in [0.05, 0.1) is 4.90 Å². The number of nitrogens with one attached hydrogen (secondary N) is 1. The molecule has 166 valence electrons. The van der Waals surface area contributed by atoms with Gasteiger partial charge in [-0.2, -0.15) is 4.72 Å². The van der Waals surface area contributed by atoms with Crippen LogP contribution < -0.4 is 4.72 Å². The fourth-order valence-electron chi connectivity index (χ4n) is 3.56. The molecule has 0 aliphatic heterocycles. The van der Waals surface area contributed by atoms with Crippen LogP contribution in [0.25, 0.3) is 0 Å². The third kappa shape index (κ3) is 5.79. The summed E-state index contributed by atoms with van der Waals surface area (Å²) >= 11 is 1.56. The molecular weight excluding hydrogens is 430 g/mol. The molecule has 1 aliphatic carbocycles. The first-order valence-corrected chi connectivity index (χ1v) is 12.9. The fourth-order valence-corrected chi connectivity index (χ4v) is 5.58. The van der Waals surface area contributed by atoms with Gasteiger partial charge in [0.2, 0.25) is 10.0 Å². The lowest BCUT2D eigenvalue weighted by Gasteiger charge is -2.30. The number of ether oxygens (including phenoxy) is 1. The van der Waals surface area contributed by atoms with Crippen LogP contribution in [0.3, 0.4) is 0 Å². The fraction of sp³-hybridized carbons (Fsp3) is 0.375. The molecule has 0 saturated heterocycles. The highest BCUT2D eigenvalue weighted by atomic mass is 32.2. The zero-order valence-corrected chi connectivity index (χ0v) is 19.9. The van der Waals surface area contributed by atoms with Crippen molar-refractivity contribution in [2.45, 2.75) is 50.7 Å². The van der Waals surface area contributed by atoms with Crippen molar-refractivity contribution in [2.75, 3.05) is 6.26 Å². The van der Waals surface area contributed by atoms with Gasteiger partial charge in [-0.05, 0) is 43.7 Å². The summed E-state index contributed by atoms with van der Waals surface area (Å²) in [6.45, 7) is 5.99. The molecule has 0 radical (unpaired) electrons. The molecule has 0 saturated carbocycles. The van der Waals surface area contributed by atoms with Gasteiger partial charge in [0.25, 0.3) is 0 Å². The Morgan fingerprint density at radius 1 is 1.16 bits per heavy atom. The lowest BCUT2D eigenvalue weighted by atomic mass is 9.88. The SMILES string of the molecule is CSC1=CCC(C)(C)[C@@H]1OC(=O)[C@H](Cc1ccccc1)NS(=O)(=O)c1ccc(C)cc1. The Bertz CT molecular complexity index is 1040. The van der Waals surface area contributed by atoms with Gasteiger partial charge in [0, 0.05) is 10.3 Å². The number of allylic oxidation sites excluding steroid dienone is 1. The summed E-state index contributed by atoms with van der Waals surface area (Å²) in [5, 5.41) is 0. The quantitative estimate of drug-likeness (QED) is 0.590. The molecule has 1 aliphatic rings. The number of hydrogen-bond donors (Lipinski definition) is 1. The van der Waals surface area contributed by atoms with E-state index in [0.29, 0.717) is 0 Å². The number of rotatable bonds is 8. The molecule has 7 heteroatoms. The van der Waals surface area contributed by atoms with E-state index in [2.05, 4.69) is 10.8 Å². The Balaban J connectivity index is 1.86. The van der Waals surface area contributed by atoms with E-state index in [9.17, 15) is 13.2 Å². The lowest BCUT2D eigenvalue weighted by molar-refractivity contribution is -0.153. The molecule has 5 nitrogen and oxygen atoms in total. The number of benzene rings is 2. The van der Waals surface area contributed by atoms with Gasteiger partial charge in [0.1, 0.15) is 12.1 Å². The molecule has 31 heavy (non-hydrogen) atoms. The molecule has 1 N–H and O–H groups in total. The van der Waals surface area contributed by atoms with E-state index < -0.39 is 28.1 Å². The van der Waals surface area contributed by atoms with Crippen molar-refractivity contribution in [1.29, 1.82) is 0 Å². The molecule has 0 bridgehead atoms. The van der Waals surface area contributed by atoms with Crippen LogP contribution in [0.4, 0.5) is 0 Å². The van der Waals surface area contributed by atoms with E-state index in [4.69, 9.17) is 4.74 Å². The van der Waals surface area contributed by atoms with Crippen molar-refractivity contribution in [3.63, 3.8) is 0 Å². The highest BCUT2D eigenvalue weighted by Gasteiger charge is 2.41. The predicted molar refractivity (Wildman–Crippen MR) is 125 cm³/mol. The number of aryl methyl sites for hydroxylation is 1. The first-order chi connectivity index (χ1) is 14.6. The minimum absolute atomic E-state index is 0.120. The van der Waals surface area contributed by atoms with Crippen LogP contribution in [0, 0.1) is 12.3 Å². The van der Waals surface area contributed by atoms with Crippen molar-refractivity contribution >= 4 is 27.8 Å². The zero-order valence-electron chi connectivity index (χ0n) is 18.3. The van der Waals surface area contributed by atoms with E-state index in [0.717, 1.165) is 22.5 Å². The summed E-state index contributed by atoms with van der Waals surface area (Å²) < 4.78 is 34.5. The normalized spacial score (nSPS) is 19.0. The maximum absolute atomic E-state index is 13.2. The molecule has 0 unspecified atom stereocenters. The molecular formula is C24H29NO4S2. The van der Waals surface area contributed by atoms with Gasteiger partial charge >= 0.3 is 5.97 Å². The number of sulfonamides is 1. The van der Waals surface area contributed by atoms with Gasteiger partial charge < -0.3 is 4.74 Å². The minimum atomic E-state index is -3.89. The first-order valence-electron chi connectivity index (χ1n) is 10.2. The summed E-state index contributed by atoms with van der Waals surface area (Å²) in [6, 6.07) is 14.8. The average molecular weight is 460 g/mol. The number of carbonyl (C=O) groups is 1. The molecule has 0 amide bonds.